The number of halogens is 2. The summed E-state index contributed by atoms with van der Waals surface area (Å²) in [6.45, 7) is 1.87. The van der Waals surface area contributed by atoms with E-state index in [4.69, 9.17) is 0 Å². The van der Waals surface area contributed by atoms with Crippen molar-refractivity contribution in [3.63, 3.8) is 0 Å². The molecule has 0 saturated carbocycles. The van der Waals surface area contributed by atoms with Crippen molar-refractivity contribution >= 4 is 22.7 Å². The van der Waals surface area contributed by atoms with Gasteiger partial charge in [0.05, 0.1) is 16.7 Å². The Morgan fingerprint density at radius 1 is 1.14 bits per heavy atom. The number of fused-ring (bicyclic) bond motifs is 1. The molecule has 0 unspecified atom stereocenters. The monoisotopic (exact) mass is 300 g/mol. The van der Waals surface area contributed by atoms with Gasteiger partial charge in [-0.2, -0.15) is 5.10 Å². The van der Waals surface area contributed by atoms with Gasteiger partial charge in [-0.3, -0.25) is 0 Å². The SMILES string of the molecule is C/C(=N\Nc1nc2cc(F)c(F)cc2n1C)c1ccccc1. The standard InChI is InChI=1S/C16H14F2N4/c1-10(11-6-4-3-5-7-11)20-21-16-19-14-8-12(17)13(18)9-15(14)22(16)2/h3-9H,1-2H3,(H,19,21)/b20-10+. The van der Waals surface area contributed by atoms with Gasteiger partial charge in [-0.05, 0) is 12.5 Å². The van der Waals surface area contributed by atoms with Crippen molar-refractivity contribution < 1.29 is 8.78 Å². The van der Waals surface area contributed by atoms with Crippen molar-refractivity contribution in [2.45, 2.75) is 6.92 Å². The lowest BCUT2D eigenvalue weighted by atomic mass is 10.1. The fraction of sp³-hybridized carbons (Fsp3) is 0.125. The average Bonchev–Trinajstić information content (AvgIpc) is 2.82. The van der Waals surface area contributed by atoms with Crippen LogP contribution < -0.4 is 5.43 Å². The summed E-state index contributed by atoms with van der Waals surface area (Å²) in [6, 6.07) is 11.9. The lowest BCUT2D eigenvalue weighted by Gasteiger charge is -2.03. The predicted molar refractivity (Wildman–Crippen MR) is 82.9 cm³/mol. The maximum atomic E-state index is 13.3. The Bertz CT molecular complexity index is 853. The molecule has 0 bridgehead atoms. The highest BCUT2D eigenvalue weighted by Gasteiger charge is 2.11. The van der Waals surface area contributed by atoms with Crippen molar-refractivity contribution in [1.82, 2.24) is 9.55 Å². The first-order chi connectivity index (χ1) is 10.6. The number of anilines is 1. The lowest BCUT2D eigenvalue weighted by Crippen LogP contribution is -2.03. The largest absolute Gasteiger partial charge is 0.312 e. The maximum Gasteiger partial charge on any atom is 0.224 e. The van der Waals surface area contributed by atoms with E-state index in [0.717, 1.165) is 23.4 Å². The first kappa shape index (κ1) is 14.2. The van der Waals surface area contributed by atoms with E-state index >= 15 is 0 Å². The highest BCUT2D eigenvalue weighted by molar-refractivity contribution is 5.99. The van der Waals surface area contributed by atoms with Crippen molar-refractivity contribution in [3.8, 4) is 0 Å². The fourth-order valence-corrected chi connectivity index (χ4v) is 2.16. The second-order valence-electron chi connectivity index (χ2n) is 4.92. The molecular formula is C16H14F2N4. The molecule has 22 heavy (non-hydrogen) atoms. The Morgan fingerprint density at radius 2 is 1.82 bits per heavy atom. The van der Waals surface area contributed by atoms with Crippen LogP contribution in [0.5, 0.6) is 0 Å². The lowest BCUT2D eigenvalue weighted by molar-refractivity contribution is 0.510. The third kappa shape index (κ3) is 2.55. The van der Waals surface area contributed by atoms with Gasteiger partial charge in [0.2, 0.25) is 5.95 Å². The summed E-state index contributed by atoms with van der Waals surface area (Å²) in [7, 11) is 1.71. The second kappa shape index (κ2) is 5.55. The van der Waals surface area contributed by atoms with E-state index in [1.165, 1.54) is 0 Å². The van der Waals surface area contributed by atoms with Gasteiger partial charge in [0.25, 0.3) is 0 Å². The quantitative estimate of drug-likeness (QED) is 0.592. The molecule has 0 amide bonds. The van der Waals surface area contributed by atoms with Crippen LogP contribution in [0.2, 0.25) is 0 Å². The van der Waals surface area contributed by atoms with Crippen LogP contribution in [0.25, 0.3) is 11.0 Å². The van der Waals surface area contributed by atoms with Gasteiger partial charge in [-0.15, -0.1) is 0 Å². The zero-order valence-corrected chi connectivity index (χ0v) is 12.1. The molecule has 0 aliphatic carbocycles. The molecule has 0 radical (unpaired) electrons. The second-order valence-corrected chi connectivity index (χ2v) is 4.92. The summed E-state index contributed by atoms with van der Waals surface area (Å²) in [5, 5.41) is 4.26. The third-order valence-electron chi connectivity index (χ3n) is 3.44. The van der Waals surface area contributed by atoms with Gasteiger partial charge in [0.15, 0.2) is 11.6 Å². The number of benzene rings is 2. The van der Waals surface area contributed by atoms with Crippen LogP contribution in [0.4, 0.5) is 14.7 Å². The number of nitrogens with zero attached hydrogens (tertiary/aromatic N) is 3. The van der Waals surface area contributed by atoms with Crippen molar-refractivity contribution in [3.05, 3.63) is 59.7 Å². The van der Waals surface area contributed by atoms with Gasteiger partial charge >= 0.3 is 0 Å². The zero-order chi connectivity index (χ0) is 15.7. The molecule has 4 nitrogen and oxygen atoms in total. The highest BCUT2D eigenvalue weighted by atomic mass is 19.2. The molecule has 3 rings (SSSR count). The van der Waals surface area contributed by atoms with Crippen LogP contribution in [0, 0.1) is 11.6 Å². The Kier molecular flexibility index (Phi) is 3.58. The molecule has 112 valence electrons. The summed E-state index contributed by atoms with van der Waals surface area (Å²) in [6.07, 6.45) is 0. The highest BCUT2D eigenvalue weighted by Crippen LogP contribution is 2.21. The van der Waals surface area contributed by atoms with E-state index < -0.39 is 11.6 Å². The van der Waals surface area contributed by atoms with Crippen LogP contribution in [0.15, 0.2) is 47.6 Å². The smallest absolute Gasteiger partial charge is 0.224 e. The van der Waals surface area contributed by atoms with E-state index in [-0.39, 0.29) is 0 Å². The first-order valence-corrected chi connectivity index (χ1v) is 6.73. The van der Waals surface area contributed by atoms with E-state index in [2.05, 4.69) is 15.5 Å². The summed E-state index contributed by atoms with van der Waals surface area (Å²) in [5.74, 6) is -1.40. The molecule has 1 aromatic heterocycles. The number of nitrogens with one attached hydrogen (secondary N) is 1. The molecule has 0 atom stereocenters. The van der Waals surface area contributed by atoms with Crippen LogP contribution in [0.3, 0.4) is 0 Å². The van der Waals surface area contributed by atoms with Crippen molar-refractivity contribution in [1.29, 1.82) is 0 Å². The molecule has 1 N–H and O–H groups in total. The van der Waals surface area contributed by atoms with Crippen molar-refractivity contribution in [2.75, 3.05) is 5.43 Å². The number of imidazole rings is 1. The normalized spacial score (nSPS) is 11.9. The van der Waals surface area contributed by atoms with Crippen LogP contribution in [-0.4, -0.2) is 15.3 Å². The summed E-state index contributed by atoms with van der Waals surface area (Å²) < 4.78 is 28.2. The molecule has 3 aromatic rings. The number of hydrogen-bond donors (Lipinski definition) is 1. The number of rotatable bonds is 3. The molecule has 1 heterocycles. The number of hydrogen-bond acceptors (Lipinski definition) is 3. The molecule has 0 spiro atoms. The number of aryl methyl sites for hydroxylation is 1. The third-order valence-corrected chi connectivity index (χ3v) is 3.44. The molecule has 2 aromatic carbocycles. The van der Waals surface area contributed by atoms with E-state index in [1.807, 2.05) is 37.3 Å². The first-order valence-electron chi connectivity index (χ1n) is 6.73. The number of hydrazone groups is 1. The predicted octanol–water partition coefficient (Wildman–Crippen LogP) is 3.69. The molecule has 0 fully saturated rings. The van der Waals surface area contributed by atoms with E-state index in [1.54, 1.807) is 11.6 Å². The summed E-state index contributed by atoms with van der Waals surface area (Å²) in [4.78, 5) is 4.22. The van der Waals surface area contributed by atoms with E-state index in [9.17, 15) is 8.78 Å². The molecule has 6 heteroatoms. The minimum Gasteiger partial charge on any atom is -0.312 e. The van der Waals surface area contributed by atoms with Gasteiger partial charge in [0.1, 0.15) is 0 Å². The Balaban J connectivity index is 1.93. The van der Waals surface area contributed by atoms with Gasteiger partial charge < -0.3 is 4.57 Å². The van der Waals surface area contributed by atoms with E-state index in [0.29, 0.717) is 17.0 Å². The molecule has 0 aliphatic heterocycles. The Labute approximate surface area is 126 Å². The van der Waals surface area contributed by atoms with Crippen LogP contribution in [0.1, 0.15) is 12.5 Å². The van der Waals surface area contributed by atoms with Gasteiger partial charge in [-0.25, -0.2) is 19.2 Å². The van der Waals surface area contributed by atoms with Crippen molar-refractivity contribution in [2.24, 2.45) is 12.1 Å². The number of aromatic nitrogens is 2. The summed E-state index contributed by atoms with van der Waals surface area (Å²) >= 11 is 0. The maximum absolute atomic E-state index is 13.3. The van der Waals surface area contributed by atoms with Crippen LogP contribution in [-0.2, 0) is 7.05 Å². The minimum absolute atomic E-state index is 0.372. The fourth-order valence-electron chi connectivity index (χ4n) is 2.16. The van der Waals surface area contributed by atoms with Gasteiger partial charge in [-0.1, -0.05) is 30.3 Å². The summed E-state index contributed by atoms with van der Waals surface area (Å²) in [5.41, 5.74) is 5.46. The van der Waals surface area contributed by atoms with Crippen LogP contribution >= 0.6 is 0 Å². The molecular weight excluding hydrogens is 286 g/mol. The molecule has 0 saturated heterocycles. The minimum atomic E-state index is -0.916. The zero-order valence-electron chi connectivity index (χ0n) is 12.1. The van der Waals surface area contributed by atoms with Gasteiger partial charge in [0, 0.05) is 19.2 Å². The molecule has 0 aliphatic rings. The Hall–Kier alpha value is -2.76. The Morgan fingerprint density at radius 3 is 2.55 bits per heavy atom. The topological polar surface area (TPSA) is 42.2 Å². The average molecular weight is 300 g/mol.